The highest BCUT2D eigenvalue weighted by atomic mass is 16.5. The van der Waals surface area contributed by atoms with E-state index in [9.17, 15) is 4.79 Å². The SMILES string of the molecule is CNN(Cc1ccc(OC)cc1)C(=O)O. The van der Waals surface area contributed by atoms with Gasteiger partial charge in [-0.3, -0.25) is 0 Å². The summed E-state index contributed by atoms with van der Waals surface area (Å²) in [5.41, 5.74) is 3.48. The summed E-state index contributed by atoms with van der Waals surface area (Å²) in [5, 5.41) is 9.87. The number of amides is 1. The number of ether oxygens (including phenoxy) is 1. The van der Waals surface area contributed by atoms with Crippen LogP contribution in [0.15, 0.2) is 24.3 Å². The van der Waals surface area contributed by atoms with Gasteiger partial charge in [0, 0.05) is 7.05 Å². The molecule has 0 saturated carbocycles. The molecule has 0 saturated heterocycles. The molecule has 0 bridgehead atoms. The Labute approximate surface area is 88.2 Å². The minimum Gasteiger partial charge on any atom is -0.497 e. The highest BCUT2D eigenvalue weighted by molar-refractivity contribution is 5.64. The van der Waals surface area contributed by atoms with Gasteiger partial charge in [0.25, 0.3) is 0 Å². The number of methoxy groups -OCH3 is 1. The maximum atomic E-state index is 10.7. The molecule has 15 heavy (non-hydrogen) atoms. The molecule has 1 aromatic rings. The predicted molar refractivity (Wildman–Crippen MR) is 55.6 cm³/mol. The van der Waals surface area contributed by atoms with E-state index in [0.29, 0.717) is 6.54 Å². The Morgan fingerprint density at radius 2 is 2.07 bits per heavy atom. The Balaban J connectivity index is 2.67. The van der Waals surface area contributed by atoms with E-state index in [1.54, 1.807) is 26.3 Å². The van der Waals surface area contributed by atoms with Crippen LogP contribution in [0.25, 0.3) is 0 Å². The monoisotopic (exact) mass is 210 g/mol. The number of hydrogen-bond acceptors (Lipinski definition) is 3. The minimum atomic E-state index is -1.01. The van der Waals surface area contributed by atoms with Gasteiger partial charge in [-0.25, -0.2) is 15.2 Å². The van der Waals surface area contributed by atoms with Gasteiger partial charge < -0.3 is 9.84 Å². The zero-order valence-electron chi connectivity index (χ0n) is 8.73. The molecular weight excluding hydrogens is 196 g/mol. The second-order valence-corrected chi connectivity index (χ2v) is 2.94. The van der Waals surface area contributed by atoms with E-state index in [2.05, 4.69) is 5.43 Å². The van der Waals surface area contributed by atoms with Crippen LogP contribution in [0.3, 0.4) is 0 Å². The maximum Gasteiger partial charge on any atom is 0.422 e. The average molecular weight is 210 g/mol. The second-order valence-electron chi connectivity index (χ2n) is 2.94. The van der Waals surface area contributed by atoms with Gasteiger partial charge in [-0.05, 0) is 17.7 Å². The van der Waals surface area contributed by atoms with Crippen LogP contribution in [-0.4, -0.2) is 30.4 Å². The molecule has 0 atom stereocenters. The lowest BCUT2D eigenvalue weighted by Gasteiger charge is -2.17. The molecule has 0 unspecified atom stereocenters. The van der Waals surface area contributed by atoms with E-state index >= 15 is 0 Å². The molecule has 5 nitrogen and oxygen atoms in total. The van der Waals surface area contributed by atoms with E-state index < -0.39 is 6.09 Å². The fourth-order valence-corrected chi connectivity index (χ4v) is 1.16. The third-order valence-corrected chi connectivity index (χ3v) is 2.00. The van der Waals surface area contributed by atoms with Crippen LogP contribution in [0.2, 0.25) is 0 Å². The van der Waals surface area contributed by atoms with Crippen molar-refractivity contribution in [3.63, 3.8) is 0 Å². The summed E-state index contributed by atoms with van der Waals surface area (Å²) in [7, 11) is 3.16. The summed E-state index contributed by atoms with van der Waals surface area (Å²) >= 11 is 0. The largest absolute Gasteiger partial charge is 0.497 e. The van der Waals surface area contributed by atoms with E-state index in [1.165, 1.54) is 0 Å². The molecule has 1 rings (SSSR count). The van der Waals surface area contributed by atoms with Gasteiger partial charge in [0.2, 0.25) is 0 Å². The number of hydrazine groups is 1. The molecule has 2 N–H and O–H groups in total. The van der Waals surface area contributed by atoms with E-state index in [-0.39, 0.29) is 0 Å². The summed E-state index contributed by atoms with van der Waals surface area (Å²) in [6.45, 7) is 0.301. The smallest absolute Gasteiger partial charge is 0.422 e. The fraction of sp³-hybridized carbons (Fsp3) is 0.300. The van der Waals surface area contributed by atoms with Gasteiger partial charge in [-0.2, -0.15) is 0 Å². The third kappa shape index (κ3) is 3.14. The molecule has 5 heteroatoms. The first kappa shape index (κ1) is 11.3. The Hall–Kier alpha value is -1.75. The zero-order chi connectivity index (χ0) is 11.3. The number of carboxylic acid groups (broad SMARTS) is 1. The lowest BCUT2D eigenvalue weighted by molar-refractivity contribution is 0.122. The third-order valence-electron chi connectivity index (χ3n) is 2.00. The van der Waals surface area contributed by atoms with Crippen molar-refractivity contribution < 1.29 is 14.6 Å². The van der Waals surface area contributed by atoms with Crippen molar-refractivity contribution in [1.82, 2.24) is 10.4 Å². The van der Waals surface area contributed by atoms with Crippen LogP contribution < -0.4 is 10.2 Å². The van der Waals surface area contributed by atoms with Crippen molar-refractivity contribution in [2.45, 2.75) is 6.54 Å². The molecule has 0 fully saturated rings. The molecule has 0 heterocycles. The Morgan fingerprint density at radius 3 is 2.47 bits per heavy atom. The average Bonchev–Trinajstić information content (AvgIpc) is 2.26. The first-order chi connectivity index (χ1) is 7.17. The summed E-state index contributed by atoms with van der Waals surface area (Å²) < 4.78 is 5.00. The van der Waals surface area contributed by atoms with Gasteiger partial charge in [-0.15, -0.1) is 0 Å². The van der Waals surface area contributed by atoms with Crippen molar-refractivity contribution in [2.24, 2.45) is 0 Å². The first-order valence-corrected chi connectivity index (χ1v) is 4.48. The van der Waals surface area contributed by atoms with Crippen LogP contribution in [0.4, 0.5) is 4.79 Å². The van der Waals surface area contributed by atoms with E-state index in [1.807, 2.05) is 12.1 Å². The van der Waals surface area contributed by atoms with Crippen LogP contribution in [0, 0.1) is 0 Å². The highest BCUT2D eigenvalue weighted by Crippen LogP contribution is 2.12. The van der Waals surface area contributed by atoms with Gasteiger partial charge in [0.15, 0.2) is 0 Å². The van der Waals surface area contributed by atoms with Crippen molar-refractivity contribution >= 4 is 6.09 Å². The lowest BCUT2D eigenvalue weighted by atomic mass is 10.2. The Bertz CT molecular complexity index is 324. The topological polar surface area (TPSA) is 61.8 Å². The summed E-state index contributed by atoms with van der Waals surface area (Å²) in [6.07, 6.45) is -1.01. The van der Waals surface area contributed by atoms with Gasteiger partial charge in [0.1, 0.15) is 5.75 Å². The number of nitrogens with zero attached hydrogens (tertiary/aromatic N) is 1. The molecule has 0 aliphatic rings. The summed E-state index contributed by atoms with van der Waals surface area (Å²) in [4.78, 5) is 10.7. The normalized spacial score (nSPS) is 9.73. The standard InChI is InChI=1S/C10H14N2O3/c1-11-12(10(13)14)7-8-3-5-9(15-2)6-4-8/h3-6,11H,7H2,1-2H3,(H,13,14). The Kier molecular flexibility index (Phi) is 3.93. The molecule has 1 aromatic carbocycles. The van der Waals surface area contributed by atoms with Gasteiger partial charge >= 0.3 is 6.09 Å². The number of hydrogen-bond donors (Lipinski definition) is 2. The van der Waals surface area contributed by atoms with Crippen LogP contribution in [-0.2, 0) is 6.54 Å². The molecular formula is C10H14N2O3. The van der Waals surface area contributed by atoms with Crippen LogP contribution in [0.5, 0.6) is 5.75 Å². The number of benzene rings is 1. The van der Waals surface area contributed by atoms with Gasteiger partial charge in [-0.1, -0.05) is 12.1 Å². The van der Waals surface area contributed by atoms with Crippen molar-refractivity contribution in [1.29, 1.82) is 0 Å². The fourth-order valence-electron chi connectivity index (χ4n) is 1.16. The zero-order valence-corrected chi connectivity index (χ0v) is 8.73. The predicted octanol–water partition coefficient (Wildman–Crippen LogP) is 1.31. The minimum absolute atomic E-state index is 0.301. The van der Waals surface area contributed by atoms with Gasteiger partial charge in [0.05, 0.1) is 13.7 Å². The molecule has 82 valence electrons. The quantitative estimate of drug-likeness (QED) is 0.735. The first-order valence-electron chi connectivity index (χ1n) is 4.48. The molecule has 0 aliphatic heterocycles. The van der Waals surface area contributed by atoms with Crippen molar-refractivity contribution in [2.75, 3.05) is 14.2 Å². The van der Waals surface area contributed by atoms with Crippen LogP contribution in [0.1, 0.15) is 5.56 Å². The van der Waals surface area contributed by atoms with Crippen LogP contribution >= 0.6 is 0 Å². The Morgan fingerprint density at radius 1 is 1.47 bits per heavy atom. The molecule has 0 spiro atoms. The summed E-state index contributed by atoms with van der Waals surface area (Å²) in [6, 6.07) is 7.24. The van der Waals surface area contributed by atoms with E-state index in [4.69, 9.17) is 9.84 Å². The molecule has 1 amide bonds. The van der Waals surface area contributed by atoms with Crippen molar-refractivity contribution in [3.8, 4) is 5.75 Å². The highest BCUT2D eigenvalue weighted by Gasteiger charge is 2.09. The lowest BCUT2D eigenvalue weighted by Crippen LogP contribution is -2.38. The summed E-state index contributed by atoms with van der Waals surface area (Å²) in [5.74, 6) is 0.755. The van der Waals surface area contributed by atoms with E-state index in [0.717, 1.165) is 16.3 Å². The molecule has 0 radical (unpaired) electrons. The molecule has 0 aliphatic carbocycles. The number of rotatable bonds is 4. The number of nitrogens with one attached hydrogen (secondary N) is 1. The maximum absolute atomic E-state index is 10.7. The van der Waals surface area contributed by atoms with Crippen molar-refractivity contribution in [3.05, 3.63) is 29.8 Å². The number of carbonyl (C=O) groups is 1. The second kappa shape index (κ2) is 5.21. The molecule has 0 aromatic heterocycles.